The van der Waals surface area contributed by atoms with Crippen molar-refractivity contribution in [1.82, 2.24) is 9.80 Å². The van der Waals surface area contributed by atoms with Crippen molar-refractivity contribution in [3.63, 3.8) is 0 Å². The van der Waals surface area contributed by atoms with E-state index >= 15 is 0 Å². The van der Waals surface area contributed by atoms with E-state index in [1.165, 1.54) is 35.4 Å². The minimum Gasteiger partial charge on any atom is -0.341 e. The highest BCUT2D eigenvalue weighted by Crippen LogP contribution is 2.13. The van der Waals surface area contributed by atoms with Crippen molar-refractivity contribution in [3.8, 4) is 0 Å². The molecule has 0 unspecified atom stereocenters. The monoisotopic (exact) mass is 368 g/mol. The third kappa shape index (κ3) is 4.94. The van der Waals surface area contributed by atoms with Crippen LogP contribution in [-0.2, 0) is 11.2 Å². The van der Waals surface area contributed by atoms with Crippen molar-refractivity contribution in [2.45, 2.75) is 26.2 Å². The lowest BCUT2D eigenvalue weighted by atomic mass is 10.0. The molecule has 5 heteroatoms. The summed E-state index contributed by atoms with van der Waals surface area (Å²) in [4.78, 5) is 28.8. The fraction of sp³-hybridized carbons (Fsp3) is 0.364. The molecule has 1 aliphatic rings. The number of rotatable bonds is 4. The molecule has 4 nitrogen and oxygen atoms in total. The minimum absolute atomic E-state index is 0.107. The molecule has 1 heterocycles. The highest BCUT2D eigenvalue weighted by Gasteiger charge is 2.22. The predicted molar refractivity (Wildman–Crippen MR) is 103 cm³/mol. The number of amides is 2. The topological polar surface area (TPSA) is 40.6 Å². The molecule has 0 saturated carbocycles. The maximum Gasteiger partial charge on any atom is 0.253 e. The van der Waals surface area contributed by atoms with Crippen LogP contribution in [0.5, 0.6) is 0 Å². The normalized spacial score (nSPS) is 14.7. The number of hydrogen-bond acceptors (Lipinski definition) is 2. The zero-order valence-electron chi connectivity index (χ0n) is 15.7. The smallest absolute Gasteiger partial charge is 0.253 e. The molecule has 0 aromatic heterocycles. The van der Waals surface area contributed by atoms with Gasteiger partial charge in [-0.2, -0.15) is 0 Å². The van der Waals surface area contributed by atoms with Gasteiger partial charge in [-0.15, -0.1) is 0 Å². The first-order valence-corrected chi connectivity index (χ1v) is 9.42. The van der Waals surface area contributed by atoms with Crippen LogP contribution in [0.15, 0.2) is 48.5 Å². The number of halogens is 1. The van der Waals surface area contributed by atoms with Crippen LogP contribution >= 0.6 is 0 Å². The molecule has 1 fully saturated rings. The Morgan fingerprint density at radius 3 is 2.33 bits per heavy atom. The second-order valence-electron chi connectivity index (χ2n) is 6.96. The maximum atomic E-state index is 13.0. The van der Waals surface area contributed by atoms with E-state index in [1.54, 1.807) is 4.90 Å². The Labute approximate surface area is 159 Å². The molecule has 0 bridgehead atoms. The molecular formula is C22H25FN2O2. The summed E-state index contributed by atoms with van der Waals surface area (Å²) in [6, 6.07) is 13.7. The molecule has 27 heavy (non-hydrogen) atoms. The van der Waals surface area contributed by atoms with Gasteiger partial charge in [-0.25, -0.2) is 4.39 Å². The van der Waals surface area contributed by atoms with Crippen LogP contribution in [0.4, 0.5) is 4.39 Å². The number of aryl methyl sites for hydroxylation is 2. The van der Waals surface area contributed by atoms with Crippen LogP contribution in [0.2, 0.25) is 0 Å². The van der Waals surface area contributed by atoms with Gasteiger partial charge in [0, 0.05) is 38.2 Å². The second kappa shape index (κ2) is 8.80. The summed E-state index contributed by atoms with van der Waals surface area (Å²) in [5.41, 5.74) is 2.89. The largest absolute Gasteiger partial charge is 0.341 e. The highest BCUT2D eigenvalue weighted by atomic mass is 19.1. The van der Waals surface area contributed by atoms with Crippen molar-refractivity contribution in [3.05, 3.63) is 71.0 Å². The molecule has 0 aliphatic carbocycles. The Morgan fingerprint density at radius 2 is 1.59 bits per heavy atom. The molecule has 2 amide bonds. The third-order valence-corrected chi connectivity index (χ3v) is 5.10. The van der Waals surface area contributed by atoms with E-state index in [9.17, 15) is 14.0 Å². The van der Waals surface area contributed by atoms with E-state index in [-0.39, 0.29) is 17.6 Å². The summed E-state index contributed by atoms with van der Waals surface area (Å²) in [5, 5.41) is 0. The van der Waals surface area contributed by atoms with Gasteiger partial charge in [0.05, 0.1) is 0 Å². The molecule has 1 aliphatic heterocycles. The molecule has 3 rings (SSSR count). The molecule has 0 spiro atoms. The number of hydrogen-bond donors (Lipinski definition) is 0. The number of benzene rings is 2. The summed E-state index contributed by atoms with van der Waals surface area (Å²) in [6.45, 7) is 4.38. The number of carbonyl (C=O) groups is 2. The fourth-order valence-corrected chi connectivity index (χ4v) is 3.44. The molecule has 1 saturated heterocycles. The van der Waals surface area contributed by atoms with Gasteiger partial charge < -0.3 is 9.80 Å². The lowest BCUT2D eigenvalue weighted by molar-refractivity contribution is -0.131. The Balaban J connectivity index is 1.54. The first-order valence-electron chi connectivity index (χ1n) is 9.42. The van der Waals surface area contributed by atoms with Gasteiger partial charge >= 0.3 is 0 Å². The Kier molecular flexibility index (Phi) is 6.22. The lowest BCUT2D eigenvalue weighted by Gasteiger charge is -2.22. The average molecular weight is 368 g/mol. The molecule has 0 atom stereocenters. The summed E-state index contributed by atoms with van der Waals surface area (Å²) in [7, 11) is 0. The van der Waals surface area contributed by atoms with Gasteiger partial charge in [-0.3, -0.25) is 9.59 Å². The van der Waals surface area contributed by atoms with Gasteiger partial charge in [0.15, 0.2) is 0 Å². The van der Waals surface area contributed by atoms with Gasteiger partial charge in [0.2, 0.25) is 5.91 Å². The molecule has 2 aromatic carbocycles. The zero-order valence-corrected chi connectivity index (χ0v) is 15.7. The van der Waals surface area contributed by atoms with Crippen LogP contribution in [0.3, 0.4) is 0 Å². The minimum atomic E-state index is -0.354. The summed E-state index contributed by atoms with van der Waals surface area (Å²) in [6.07, 6.45) is 1.97. The Bertz CT molecular complexity index is 804. The molecule has 0 N–H and O–H groups in total. The van der Waals surface area contributed by atoms with E-state index in [2.05, 4.69) is 19.1 Å². The maximum absolute atomic E-state index is 13.0. The van der Waals surface area contributed by atoms with E-state index in [1.807, 2.05) is 17.0 Å². The van der Waals surface area contributed by atoms with Crippen LogP contribution in [-0.4, -0.2) is 47.8 Å². The van der Waals surface area contributed by atoms with Crippen LogP contribution in [0, 0.1) is 12.7 Å². The average Bonchev–Trinajstić information content (AvgIpc) is 2.93. The number of nitrogens with zero attached hydrogens (tertiary/aromatic N) is 2. The van der Waals surface area contributed by atoms with Gasteiger partial charge in [0.1, 0.15) is 5.82 Å². The molecular weight excluding hydrogens is 343 g/mol. The first-order chi connectivity index (χ1) is 13.0. The van der Waals surface area contributed by atoms with E-state index in [0.717, 1.165) is 12.8 Å². The van der Waals surface area contributed by atoms with Crippen molar-refractivity contribution >= 4 is 11.8 Å². The van der Waals surface area contributed by atoms with Crippen molar-refractivity contribution < 1.29 is 14.0 Å². The van der Waals surface area contributed by atoms with Gasteiger partial charge in [0.25, 0.3) is 5.91 Å². The molecule has 0 radical (unpaired) electrons. The van der Waals surface area contributed by atoms with Crippen LogP contribution in [0.25, 0.3) is 0 Å². The standard InChI is InChI=1S/C22H25FN2O2/c1-17-5-2-3-6-18(17)9-12-21(26)24-13-4-14-25(16-15-24)22(27)19-7-10-20(23)11-8-19/h2-3,5-8,10-11H,4,9,12-16H2,1H3. The lowest BCUT2D eigenvalue weighted by Crippen LogP contribution is -2.37. The van der Waals surface area contributed by atoms with E-state index < -0.39 is 0 Å². The van der Waals surface area contributed by atoms with E-state index in [4.69, 9.17) is 0 Å². The van der Waals surface area contributed by atoms with Crippen molar-refractivity contribution in [1.29, 1.82) is 0 Å². The SMILES string of the molecule is Cc1ccccc1CCC(=O)N1CCCN(C(=O)c2ccc(F)cc2)CC1. The predicted octanol–water partition coefficient (Wildman–Crippen LogP) is 3.44. The summed E-state index contributed by atoms with van der Waals surface area (Å²) >= 11 is 0. The number of carbonyl (C=O) groups excluding carboxylic acids is 2. The second-order valence-corrected chi connectivity index (χ2v) is 6.96. The molecule has 142 valence electrons. The van der Waals surface area contributed by atoms with E-state index in [0.29, 0.717) is 38.2 Å². The Morgan fingerprint density at radius 1 is 0.926 bits per heavy atom. The zero-order chi connectivity index (χ0) is 19.2. The summed E-state index contributed by atoms with van der Waals surface area (Å²) in [5.74, 6) is -0.327. The third-order valence-electron chi connectivity index (χ3n) is 5.10. The Hall–Kier alpha value is -2.69. The molecule has 2 aromatic rings. The van der Waals surface area contributed by atoms with Crippen molar-refractivity contribution in [2.75, 3.05) is 26.2 Å². The van der Waals surface area contributed by atoms with Crippen LogP contribution in [0.1, 0.15) is 34.3 Å². The van der Waals surface area contributed by atoms with Crippen LogP contribution < -0.4 is 0 Å². The van der Waals surface area contributed by atoms with Gasteiger partial charge in [-0.05, 0) is 55.2 Å². The fourth-order valence-electron chi connectivity index (χ4n) is 3.44. The summed E-state index contributed by atoms with van der Waals surface area (Å²) < 4.78 is 13.0. The highest BCUT2D eigenvalue weighted by molar-refractivity contribution is 5.94. The van der Waals surface area contributed by atoms with Crippen molar-refractivity contribution in [2.24, 2.45) is 0 Å². The van der Waals surface area contributed by atoms with Gasteiger partial charge in [-0.1, -0.05) is 24.3 Å². The quantitative estimate of drug-likeness (QED) is 0.829. The first kappa shape index (κ1) is 19.1.